The number of hydrogen-bond acceptors (Lipinski definition) is 3. The van der Waals surface area contributed by atoms with Crippen molar-refractivity contribution in [2.75, 3.05) is 20.1 Å². The van der Waals surface area contributed by atoms with Gasteiger partial charge in [-0.1, -0.05) is 13.0 Å². The summed E-state index contributed by atoms with van der Waals surface area (Å²) in [6.07, 6.45) is 0.945. The molecule has 0 unspecified atom stereocenters. The van der Waals surface area contributed by atoms with Gasteiger partial charge in [0.15, 0.2) is 0 Å². The molecule has 0 bridgehead atoms. The first-order chi connectivity index (χ1) is 8.52. The van der Waals surface area contributed by atoms with Crippen LogP contribution in [0.1, 0.15) is 18.9 Å². The van der Waals surface area contributed by atoms with E-state index >= 15 is 0 Å². The molecular weight excluding hydrogens is 296 g/mol. The largest absolute Gasteiger partial charge is 0.507 e. The zero-order valence-electron chi connectivity index (χ0n) is 10.7. The second-order valence-electron chi connectivity index (χ2n) is 4.31. The van der Waals surface area contributed by atoms with Crippen LogP contribution in [0.5, 0.6) is 5.75 Å². The molecule has 1 amide bonds. The molecule has 0 saturated heterocycles. The van der Waals surface area contributed by atoms with Crippen molar-refractivity contribution < 1.29 is 9.90 Å². The van der Waals surface area contributed by atoms with E-state index in [-0.39, 0.29) is 11.7 Å². The van der Waals surface area contributed by atoms with Crippen LogP contribution in [0.2, 0.25) is 0 Å². The molecule has 18 heavy (non-hydrogen) atoms. The van der Waals surface area contributed by atoms with E-state index in [2.05, 4.69) is 21.2 Å². The second-order valence-corrected chi connectivity index (χ2v) is 5.16. The highest BCUT2D eigenvalue weighted by Crippen LogP contribution is 2.24. The molecule has 0 saturated carbocycles. The van der Waals surface area contributed by atoms with Crippen LogP contribution in [0.4, 0.5) is 0 Å². The molecule has 100 valence electrons. The number of carbonyl (C=O) groups excluding carboxylic acids is 1. The molecule has 0 radical (unpaired) electrons. The summed E-state index contributed by atoms with van der Waals surface area (Å²) in [7, 11) is 1.90. The molecule has 1 rings (SSSR count). The number of halogens is 1. The average molecular weight is 315 g/mol. The molecule has 0 heterocycles. The number of phenols is 1. The Morgan fingerprint density at radius 3 is 2.83 bits per heavy atom. The summed E-state index contributed by atoms with van der Waals surface area (Å²) in [6, 6.07) is 5.35. The zero-order chi connectivity index (χ0) is 13.5. The molecular formula is C13H19BrN2O2. The first kappa shape index (κ1) is 15.0. The van der Waals surface area contributed by atoms with Crippen molar-refractivity contribution in [2.24, 2.45) is 0 Å². The zero-order valence-corrected chi connectivity index (χ0v) is 12.3. The van der Waals surface area contributed by atoms with Crippen molar-refractivity contribution in [3.8, 4) is 5.75 Å². The van der Waals surface area contributed by atoms with Gasteiger partial charge in [-0.25, -0.2) is 0 Å². The molecule has 0 aliphatic rings. The Morgan fingerprint density at radius 2 is 2.22 bits per heavy atom. The fourth-order valence-corrected chi connectivity index (χ4v) is 2.01. The third-order valence-electron chi connectivity index (χ3n) is 2.45. The lowest BCUT2D eigenvalue weighted by Gasteiger charge is -2.16. The standard InChI is InChI=1S/C13H19BrN2O2/c1-3-6-15-13(18)9-16(2)8-10-4-5-12(17)11(14)7-10/h4-5,7,17H,3,6,8-9H2,1-2H3,(H,15,18). The number of amides is 1. The van der Waals surface area contributed by atoms with Crippen LogP contribution in [-0.2, 0) is 11.3 Å². The van der Waals surface area contributed by atoms with Crippen LogP contribution >= 0.6 is 15.9 Å². The molecule has 1 aromatic carbocycles. The lowest BCUT2D eigenvalue weighted by molar-refractivity contribution is -0.122. The van der Waals surface area contributed by atoms with E-state index in [1.807, 2.05) is 31.0 Å². The quantitative estimate of drug-likeness (QED) is 0.845. The van der Waals surface area contributed by atoms with Gasteiger partial charge >= 0.3 is 0 Å². The predicted molar refractivity (Wildman–Crippen MR) is 75.4 cm³/mol. The number of phenolic OH excluding ortho intramolecular Hbond substituents is 1. The Hall–Kier alpha value is -1.07. The molecule has 2 N–H and O–H groups in total. The van der Waals surface area contributed by atoms with E-state index in [4.69, 9.17) is 0 Å². The average Bonchev–Trinajstić information content (AvgIpc) is 2.31. The van der Waals surface area contributed by atoms with Crippen LogP contribution in [0.25, 0.3) is 0 Å². The summed E-state index contributed by atoms with van der Waals surface area (Å²) >= 11 is 3.27. The molecule has 0 aliphatic heterocycles. The fourth-order valence-electron chi connectivity index (χ4n) is 1.58. The molecule has 0 atom stereocenters. The van der Waals surface area contributed by atoms with Crippen molar-refractivity contribution in [2.45, 2.75) is 19.9 Å². The number of likely N-dealkylation sites (N-methyl/N-ethyl adjacent to an activating group) is 1. The smallest absolute Gasteiger partial charge is 0.234 e. The van der Waals surface area contributed by atoms with Gasteiger partial charge in [0.1, 0.15) is 5.75 Å². The third-order valence-corrected chi connectivity index (χ3v) is 3.09. The molecule has 0 spiro atoms. The molecule has 5 heteroatoms. The van der Waals surface area contributed by atoms with Crippen LogP contribution in [0, 0.1) is 0 Å². The summed E-state index contributed by atoms with van der Waals surface area (Å²) in [4.78, 5) is 13.5. The summed E-state index contributed by atoms with van der Waals surface area (Å²) in [6.45, 7) is 3.78. The van der Waals surface area contributed by atoms with Gasteiger partial charge in [-0.15, -0.1) is 0 Å². The van der Waals surface area contributed by atoms with Crippen LogP contribution in [-0.4, -0.2) is 36.1 Å². The molecule has 0 aromatic heterocycles. The SMILES string of the molecule is CCCNC(=O)CN(C)Cc1ccc(O)c(Br)c1. The van der Waals surface area contributed by atoms with Gasteiger partial charge in [0.2, 0.25) is 5.91 Å². The molecule has 0 aliphatic carbocycles. The monoisotopic (exact) mass is 314 g/mol. The van der Waals surface area contributed by atoms with Crippen molar-refractivity contribution in [3.05, 3.63) is 28.2 Å². The Morgan fingerprint density at radius 1 is 1.50 bits per heavy atom. The number of nitrogens with zero attached hydrogens (tertiary/aromatic N) is 1. The van der Waals surface area contributed by atoms with Gasteiger partial charge in [0, 0.05) is 13.1 Å². The van der Waals surface area contributed by atoms with E-state index in [0.717, 1.165) is 18.5 Å². The van der Waals surface area contributed by atoms with E-state index in [0.29, 0.717) is 17.6 Å². The minimum absolute atomic E-state index is 0.0391. The van der Waals surface area contributed by atoms with E-state index < -0.39 is 0 Å². The summed E-state index contributed by atoms with van der Waals surface area (Å²) < 4.78 is 0.670. The van der Waals surface area contributed by atoms with Crippen molar-refractivity contribution >= 4 is 21.8 Å². The van der Waals surface area contributed by atoms with Crippen molar-refractivity contribution in [1.82, 2.24) is 10.2 Å². The molecule has 1 aromatic rings. The maximum Gasteiger partial charge on any atom is 0.234 e. The van der Waals surface area contributed by atoms with Crippen LogP contribution < -0.4 is 5.32 Å². The van der Waals surface area contributed by atoms with Crippen LogP contribution in [0.3, 0.4) is 0 Å². The topological polar surface area (TPSA) is 52.6 Å². The predicted octanol–water partition coefficient (Wildman–Crippen LogP) is 2.11. The highest BCUT2D eigenvalue weighted by Gasteiger charge is 2.07. The first-order valence-electron chi connectivity index (χ1n) is 5.95. The van der Waals surface area contributed by atoms with Crippen molar-refractivity contribution in [3.63, 3.8) is 0 Å². The van der Waals surface area contributed by atoms with Gasteiger partial charge in [0.05, 0.1) is 11.0 Å². The maximum absolute atomic E-state index is 11.5. The highest BCUT2D eigenvalue weighted by atomic mass is 79.9. The fraction of sp³-hybridized carbons (Fsp3) is 0.462. The van der Waals surface area contributed by atoms with Gasteiger partial charge in [-0.05, 0) is 47.1 Å². The number of rotatable bonds is 6. The minimum Gasteiger partial charge on any atom is -0.507 e. The summed E-state index contributed by atoms with van der Waals surface area (Å²) in [5.41, 5.74) is 1.05. The number of aromatic hydroxyl groups is 1. The van der Waals surface area contributed by atoms with E-state index in [1.54, 1.807) is 6.07 Å². The second kappa shape index (κ2) is 7.38. The Bertz CT molecular complexity index is 410. The van der Waals surface area contributed by atoms with Gasteiger partial charge < -0.3 is 10.4 Å². The number of benzene rings is 1. The van der Waals surface area contributed by atoms with Crippen LogP contribution in [0.15, 0.2) is 22.7 Å². The normalized spacial score (nSPS) is 10.7. The maximum atomic E-state index is 11.5. The third kappa shape index (κ3) is 5.06. The van der Waals surface area contributed by atoms with Gasteiger partial charge in [-0.2, -0.15) is 0 Å². The highest BCUT2D eigenvalue weighted by molar-refractivity contribution is 9.10. The van der Waals surface area contributed by atoms with Gasteiger partial charge in [-0.3, -0.25) is 9.69 Å². The Balaban J connectivity index is 2.46. The van der Waals surface area contributed by atoms with E-state index in [1.165, 1.54) is 0 Å². The molecule has 0 fully saturated rings. The Labute approximate surface area is 116 Å². The van der Waals surface area contributed by atoms with Gasteiger partial charge in [0.25, 0.3) is 0 Å². The summed E-state index contributed by atoms with van der Waals surface area (Å²) in [5.74, 6) is 0.263. The first-order valence-corrected chi connectivity index (χ1v) is 6.75. The van der Waals surface area contributed by atoms with Crippen molar-refractivity contribution in [1.29, 1.82) is 0 Å². The minimum atomic E-state index is 0.0391. The lowest BCUT2D eigenvalue weighted by Crippen LogP contribution is -2.35. The molecule has 4 nitrogen and oxygen atoms in total. The number of carbonyl (C=O) groups is 1. The lowest BCUT2D eigenvalue weighted by atomic mass is 10.2. The number of nitrogens with one attached hydrogen (secondary N) is 1. The van der Waals surface area contributed by atoms with E-state index in [9.17, 15) is 9.90 Å². The number of hydrogen-bond donors (Lipinski definition) is 2. The Kier molecular flexibility index (Phi) is 6.15. The summed E-state index contributed by atoms with van der Waals surface area (Å²) in [5, 5.41) is 12.2.